The van der Waals surface area contributed by atoms with Crippen LogP contribution in [0, 0.1) is 5.82 Å². The molecule has 104 valence electrons. The second-order valence-electron chi connectivity index (χ2n) is 5.17. The number of carbonyl (C=O) groups is 1. The van der Waals surface area contributed by atoms with E-state index in [-0.39, 0.29) is 17.8 Å². The molecular formula is C15H21FN2O. The van der Waals surface area contributed by atoms with E-state index in [1.807, 2.05) is 17.9 Å². The molecule has 1 aromatic carbocycles. The third-order valence-corrected chi connectivity index (χ3v) is 3.54. The van der Waals surface area contributed by atoms with Gasteiger partial charge in [0.2, 0.25) is 5.91 Å². The highest BCUT2D eigenvalue weighted by atomic mass is 19.1. The van der Waals surface area contributed by atoms with E-state index in [2.05, 4.69) is 5.32 Å². The summed E-state index contributed by atoms with van der Waals surface area (Å²) in [5.41, 5.74) is 0.691. The molecule has 1 saturated heterocycles. The van der Waals surface area contributed by atoms with E-state index in [0.717, 1.165) is 25.9 Å². The molecule has 1 aliphatic heterocycles. The van der Waals surface area contributed by atoms with Gasteiger partial charge in [-0.3, -0.25) is 4.79 Å². The largest absolute Gasteiger partial charge is 0.342 e. The molecule has 1 aromatic rings. The van der Waals surface area contributed by atoms with Crippen LogP contribution in [0.4, 0.5) is 4.39 Å². The van der Waals surface area contributed by atoms with Crippen LogP contribution in [-0.2, 0) is 11.2 Å². The van der Waals surface area contributed by atoms with Gasteiger partial charge in [0.05, 0.1) is 6.54 Å². The fraction of sp³-hybridized carbons (Fsp3) is 0.533. The molecule has 1 N–H and O–H groups in total. The molecule has 19 heavy (non-hydrogen) atoms. The van der Waals surface area contributed by atoms with Gasteiger partial charge in [-0.2, -0.15) is 0 Å². The van der Waals surface area contributed by atoms with Crippen LogP contribution in [0.1, 0.15) is 25.3 Å². The highest BCUT2D eigenvalue weighted by Crippen LogP contribution is 2.09. The van der Waals surface area contributed by atoms with Gasteiger partial charge in [-0.25, -0.2) is 4.39 Å². The number of amides is 1. The first-order chi connectivity index (χ1) is 9.16. The number of rotatable bonds is 5. The maximum Gasteiger partial charge on any atom is 0.236 e. The van der Waals surface area contributed by atoms with Gasteiger partial charge in [-0.15, -0.1) is 0 Å². The molecule has 0 spiro atoms. The Morgan fingerprint density at radius 2 is 2.05 bits per heavy atom. The SMILES string of the molecule is CC(Cc1ccccc1F)NCC(=O)N1CCCC1. The zero-order valence-electron chi connectivity index (χ0n) is 11.4. The Bertz CT molecular complexity index is 430. The summed E-state index contributed by atoms with van der Waals surface area (Å²) in [5, 5.41) is 3.18. The van der Waals surface area contributed by atoms with Crippen molar-refractivity contribution < 1.29 is 9.18 Å². The number of benzene rings is 1. The molecule has 0 bridgehead atoms. The highest BCUT2D eigenvalue weighted by Gasteiger charge is 2.18. The highest BCUT2D eigenvalue weighted by molar-refractivity contribution is 5.78. The minimum absolute atomic E-state index is 0.0865. The molecule has 1 fully saturated rings. The van der Waals surface area contributed by atoms with Gasteiger partial charge in [0.25, 0.3) is 0 Å². The number of likely N-dealkylation sites (tertiary alicyclic amines) is 1. The predicted octanol–water partition coefficient (Wildman–Crippen LogP) is 1.97. The molecule has 1 aliphatic rings. The summed E-state index contributed by atoms with van der Waals surface area (Å²) >= 11 is 0. The van der Waals surface area contributed by atoms with Crippen molar-refractivity contribution in [1.82, 2.24) is 10.2 Å². The molecule has 3 nitrogen and oxygen atoms in total. The first-order valence-electron chi connectivity index (χ1n) is 6.91. The lowest BCUT2D eigenvalue weighted by atomic mass is 10.1. The third-order valence-electron chi connectivity index (χ3n) is 3.54. The molecule has 1 heterocycles. The predicted molar refractivity (Wildman–Crippen MR) is 73.4 cm³/mol. The molecule has 1 amide bonds. The Hall–Kier alpha value is -1.42. The molecule has 0 radical (unpaired) electrons. The smallest absolute Gasteiger partial charge is 0.236 e. The van der Waals surface area contributed by atoms with Crippen LogP contribution in [0.5, 0.6) is 0 Å². The fourth-order valence-electron chi connectivity index (χ4n) is 2.41. The van der Waals surface area contributed by atoms with E-state index in [9.17, 15) is 9.18 Å². The average Bonchev–Trinajstić information content (AvgIpc) is 2.93. The van der Waals surface area contributed by atoms with Crippen LogP contribution in [0.25, 0.3) is 0 Å². The van der Waals surface area contributed by atoms with Crippen molar-refractivity contribution in [2.75, 3.05) is 19.6 Å². The molecular weight excluding hydrogens is 243 g/mol. The van der Waals surface area contributed by atoms with Crippen molar-refractivity contribution in [2.24, 2.45) is 0 Å². The summed E-state index contributed by atoms with van der Waals surface area (Å²) < 4.78 is 13.5. The van der Waals surface area contributed by atoms with Crippen molar-refractivity contribution in [3.05, 3.63) is 35.6 Å². The Morgan fingerprint density at radius 1 is 1.37 bits per heavy atom. The first-order valence-corrected chi connectivity index (χ1v) is 6.91. The maximum atomic E-state index is 13.5. The van der Waals surface area contributed by atoms with E-state index in [1.165, 1.54) is 6.07 Å². The fourth-order valence-corrected chi connectivity index (χ4v) is 2.41. The van der Waals surface area contributed by atoms with Gasteiger partial charge in [-0.1, -0.05) is 18.2 Å². The van der Waals surface area contributed by atoms with Crippen molar-refractivity contribution in [3.8, 4) is 0 Å². The number of nitrogens with zero attached hydrogens (tertiary/aromatic N) is 1. The second kappa shape index (κ2) is 6.66. The number of nitrogens with one attached hydrogen (secondary N) is 1. The van der Waals surface area contributed by atoms with Crippen molar-refractivity contribution in [2.45, 2.75) is 32.2 Å². The van der Waals surface area contributed by atoms with Crippen LogP contribution in [-0.4, -0.2) is 36.5 Å². The van der Waals surface area contributed by atoms with Gasteiger partial charge in [-0.05, 0) is 37.8 Å². The van der Waals surface area contributed by atoms with Gasteiger partial charge >= 0.3 is 0 Å². The standard InChI is InChI=1S/C15H21FN2O/c1-12(10-13-6-2-3-7-14(13)16)17-11-15(19)18-8-4-5-9-18/h2-3,6-7,12,17H,4-5,8-11H2,1H3. The van der Waals surface area contributed by atoms with E-state index < -0.39 is 0 Å². The number of halogens is 1. The Kier molecular flexibility index (Phi) is 4.91. The van der Waals surface area contributed by atoms with Gasteiger partial charge in [0.1, 0.15) is 5.82 Å². The normalized spacial score (nSPS) is 16.6. The minimum atomic E-state index is -0.179. The van der Waals surface area contributed by atoms with Gasteiger partial charge in [0.15, 0.2) is 0 Å². The summed E-state index contributed by atoms with van der Waals surface area (Å²) in [6.07, 6.45) is 2.81. The van der Waals surface area contributed by atoms with Crippen molar-refractivity contribution in [1.29, 1.82) is 0 Å². The lowest BCUT2D eigenvalue weighted by Crippen LogP contribution is -2.40. The van der Waals surface area contributed by atoms with E-state index in [4.69, 9.17) is 0 Å². The number of hydrogen-bond acceptors (Lipinski definition) is 2. The van der Waals surface area contributed by atoms with Crippen molar-refractivity contribution in [3.63, 3.8) is 0 Å². The van der Waals surface area contributed by atoms with Crippen LogP contribution in [0.2, 0.25) is 0 Å². The van der Waals surface area contributed by atoms with Gasteiger partial charge < -0.3 is 10.2 Å². The lowest BCUT2D eigenvalue weighted by molar-refractivity contribution is -0.129. The zero-order valence-corrected chi connectivity index (χ0v) is 11.4. The topological polar surface area (TPSA) is 32.3 Å². The molecule has 0 aliphatic carbocycles. The molecule has 4 heteroatoms. The van der Waals surface area contributed by atoms with Crippen molar-refractivity contribution >= 4 is 5.91 Å². The summed E-state index contributed by atoms with van der Waals surface area (Å²) in [6, 6.07) is 6.87. The van der Waals surface area contributed by atoms with Crippen LogP contribution in [0.15, 0.2) is 24.3 Å². The van der Waals surface area contributed by atoms with Crippen LogP contribution >= 0.6 is 0 Å². The lowest BCUT2D eigenvalue weighted by Gasteiger charge is -2.18. The summed E-state index contributed by atoms with van der Waals surface area (Å²) in [6.45, 7) is 4.07. The molecule has 0 saturated carbocycles. The van der Waals surface area contributed by atoms with E-state index in [0.29, 0.717) is 18.5 Å². The summed E-state index contributed by atoms with van der Waals surface area (Å²) in [4.78, 5) is 13.8. The van der Waals surface area contributed by atoms with Crippen LogP contribution < -0.4 is 5.32 Å². The van der Waals surface area contributed by atoms with Crippen LogP contribution in [0.3, 0.4) is 0 Å². The monoisotopic (exact) mass is 264 g/mol. The molecule has 0 aromatic heterocycles. The first kappa shape index (κ1) is 14.0. The third kappa shape index (κ3) is 4.03. The maximum absolute atomic E-state index is 13.5. The average molecular weight is 264 g/mol. The Balaban J connectivity index is 1.76. The van der Waals surface area contributed by atoms with E-state index in [1.54, 1.807) is 12.1 Å². The molecule has 1 atom stereocenters. The summed E-state index contributed by atoms with van der Waals surface area (Å²) in [7, 11) is 0. The Labute approximate surface area is 113 Å². The minimum Gasteiger partial charge on any atom is -0.342 e. The quantitative estimate of drug-likeness (QED) is 0.882. The molecule has 2 rings (SSSR count). The Morgan fingerprint density at radius 3 is 2.74 bits per heavy atom. The van der Waals surface area contributed by atoms with E-state index >= 15 is 0 Å². The number of hydrogen-bond donors (Lipinski definition) is 1. The summed E-state index contributed by atoms with van der Waals surface area (Å²) in [5.74, 6) is -0.0279. The molecule has 1 unspecified atom stereocenters. The zero-order chi connectivity index (χ0) is 13.7. The van der Waals surface area contributed by atoms with Gasteiger partial charge in [0, 0.05) is 19.1 Å². The second-order valence-corrected chi connectivity index (χ2v) is 5.17. The number of carbonyl (C=O) groups excluding carboxylic acids is 1.